The van der Waals surface area contributed by atoms with E-state index in [4.69, 9.17) is 5.11 Å². The molecule has 7 heteroatoms. The Morgan fingerprint density at radius 2 is 2.20 bits per heavy atom. The largest absolute Gasteiger partial charge is 0.480 e. The second-order valence-corrected chi connectivity index (χ2v) is 7.02. The molecular weight excluding hydrogens is 238 g/mol. The lowest BCUT2D eigenvalue weighted by molar-refractivity contribution is -0.136. The van der Waals surface area contributed by atoms with Crippen molar-refractivity contribution in [1.29, 1.82) is 0 Å². The Balaban J connectivity index is 2.80. The molecule has 1 fully saturated rings. The fourth-order valence-electron chi connectivity index (χ4n) is 1.39. The van der Waals surface area contributed by atoms with E-state index in [1.165, 1.54) is 18.3 Å². The maximum absolute atomic E-state index is 11.8. The molecule has 0 aromatic rings. The number of hydrogen-bond donors (Lipinski definition) is 1. The molecule has 1 saturated heterocycles. The Bertz CT molecular complexity index is 335. The van der Waals surface area contributed by atoms with Crippen molar-refractivity contribution in [3.63, 3.8) is 0 Å². The summed E-state index contributed by atoms with van der Waals surface area (Å²) in [5.74, 6) is 0.390. The van der Waals surface area contributed by atoms with Crippen molar-refractivity contribution in [2.75, 3.05) is 18.6 Å². The maximum Gasteiger partial charge on any atom is 0.323 e. The second kappa shape index (κ2) is 4.71. The van der Waals surface area contributed by atoms with E-state index in [2.05, 4.69) is 0 Å². The second-order valence-electron chi connectivity index (χ2n) is 3.56. The average molecular weight is 253 g/mol. The van der Waals surface area contributed by atoms with E-state index < -0.39 is 21.2 Å². The van der Waals surface area contributed by atoms with Gasteiger partial charge in [-0.3, -0.25) is 4.79 Å². The first-order valence-electron chi connectivity index (χ1n) is 4.64. The molecule has 0 aromatic carbocycles. The van der Waals surface area contributed by atoms with Crippen LogP contribution >= 0.6 is 11.8 Å². The fraction of sp³-hybridized carbons (Fsp3) is 0.875. The maximum atomic E-state index is 11.8. The normalized spacial score (nSPS) is 24.3. The molecule has 0 aromatic heterocycles. The summed E-state index contributed by atoms with van der Waals surface area (Å²) in [6.07, 6.45) is 0.798. The van der Waals surface area contributed by atoms with Crippen LogP contribution in [-0.2, 0) is 14.8 Å². The van der Waals surface area contributed by atoms with Crippen LogP contribution in [0.2, 0.25) is 0 Å². The molecule has 2 atom stereocenters. The van der Waals surface area contributed by atoms with Gasteiger partial charge in [-0.05, 0) is 19.1 Å². The molecule has 15 heavy (non-hydrogen) atoms. The van der Waals surface area contributed by atoms with E-state index >= 15 is 0 Å². The predicted molar refractivity (Wildman–Crippen MR) is 59.5 cm³/mol. The van der Waals surface area contributed by atoms with Crippen molar-refractivity contribution in [2.24, 2.45) is 0 Å². The number of thioether (sulfide) groups is 1. The lowest BCUT2D eigenvalue weighted by Gasteiger charge is -2.24. The molecular formula is C8H15NO4S2. The van der Waals surface area contributed by atoms with Crippen LogP contribution in [0.5, 0.6) is 0 Å². The van der Waals surface area contributed by atoms with Crippen LogP contribution < -0.4 is 0 Å². The minimum Gasteiger partial charge on any atom is -0.480 e. The molecule has 0 radical (unpaired) electrons. The standard InChI is InChI=1S/C8H15NO4S2/c1-6(8(10)11)15(12,13)9(2)7-3-4-14-5-7/h6-7H,3-5H2,1-2H3,(H,10,11). The molecule has 0 bridgehead atoms. The molecule has 0 aliphatic carbocycles. The predicted octanol–water partition coefficient (Wildman–Crippen LogP) is 0.227. The summed E-state index contributed by atoms with van der Waals surface area (Å²) < 4.78 is 24.8. The van der Waals surface area contributed by atoms with Gasteiger partial charge in [-0.1, -0.05) is 0 Å². The molecule has 2 unspecified atom stereocenters. The van der Waals surface area contributed by atoms with Gasteiger partial charge in [0.05, 0.1) is 0 Å². The topological polar surface area (TPSA) is 74.7 Å². The van der Waals surface area contributed by atoms with Crippen LogP contribution in [0.1, 0.15) is 13.3 Å². The highest BCUT2D eigenvalue weighted by Gasteiger charge is 2.36. The zero-order valence-corrected chi connectivity index (χ0v) is 10.3. The summed E-state index contributed by atoms with van der Waals surface area (Å²) in [6.45, 7) is 1.20. The van der Waals surface area contributed by atoms with E-state index in [9.17, 15) is 13.2 Å². The van der Waals surface area contributed by atoms with Gasteiger partial charge in [0.15, 0.2) is 5.25 Å². The van der Waals surface area contributed by atoms with Gasteiger partial charge in [0.2, 0.25) is 10.0 Å². The monoisotopic (exact) mass is 253 g/mol. The van der Waals surface area contributed by atoms with E-state index in [1.54, 1.807) is 11.8 Å². The molecule has 0 amide bonds. The van der Waals surface area contributed by atoms with Gasteiger partial charge in [0.25, 0.3) is 0 Å². The van der Waals surface area contributed by atoms with Crippen LogP contribution in [0.15, 0.2) is 0 Å². The van der Waals surface area contributed by atoms with Crippen molar-refractivity contribution in [1.82, 2.24) is 4.31 Å². The number of carboxylic acids is 1. The van der Waals surface area contributed by atoms with Crippen LogP contribution in [0.4, 0.5) is 0 Å². The molecule has 1 aliphatic rings. The van der Waals surface area contributed by atoms with Crippen molar-refractivity contribution >= 4 is 27.8 Å². The highest BCUT2D eigenvalue weighted by Crippen LogP contribution is 2.24. The van der Waals surface area contributed by atoms with Crippen molar-refractivity contribution < 1.29 is 18.3 Å². The molecule has 5 nitrogen and oxygen atoms in total. The summed E-state index contributed by atoms with van der Waals surface area (Å²) in [5, 5.41) is 7.33. The minimum absolute atomic E-state index is 0.0539. The van der Waals surface area contributed by atoms with Gasteiger partial charge < -0.3 is 5.11 Å². The summed E-state index contributed by atoms with van der Waals surface area (Å²) in [4.78, 5) is 10.7. The molecule has 1 N–H and O–H groups in total. The third kappa shape index (κ3) is 2.64. The Kier molecular flexibility index (Phi) is 4.02. The van der Waals surface area contributed by atoms with Gasteiger partial charge in [0, 0.05) is 18.8 Å². The Hall–Kier alpha value is -0.270. The number of aliphatic carboxylic acids is 1. The smallest absolute Gasteiger partial charge is 0.323 e. The highest BCUT2D eigenvalue weighted by atomic mass is 32.2. The first kappa shape index (κ1) is 12.8. The lowest BCUT2D eigenvalue weighted by atomic mass is 10.3. The zero-order chi connectivity index (χ0) is 11.6. The Morgan fingerprint density at radius 3 is 2.60 bits per heavy atom. The summed E-state index contributed by atoms with van der Waals surface area (Å²) >= 11 is 1.69. The highest BCUT2D eigenvalue weighted by molar-refractivity contribution is 7.99. The first-order chi connectivity index (χ1) is 6.87. The molecule has 1 rings (SSSR count). The quantitative estimate of drug-likeness (QED) is 0.776. The first-order valence-corrected chi connectivity index (χ1v) is 7.30. The van der Waals surface area contributed by atoms with Crippen LogP contribution in [0, 0.1) is 0 Å². The summed E-state index contributed by atoms with van der Waals surface area (Å²) in [7, 11) is -2.24. The molecule has 88 valence electrons. The van der Waals surface area contributed by atoms with Gasteiger partial charge in [-0.25, -0.2) is 12.7 Å². The van der Waals surface area contributed by atoms with Gasteiger partial charge in [-0.2, -0.15) is 11.8 Å². The third-order valence-electron chi connectivity index (χ3n) is 2.62. The van der Waals surface area contributed by atoms with Gasteiger partial charge in [-0.15, -0.1) is 0 Å². The van der Waals surface area contributed by atoms with Crippen molar-refractivity contribution in [3.05, 3.63) is 0 Å². The van der Waals surface area contributed by atoms with E-state index in [1.807, 2.05) is 0 Å². The van der Waals surface area contributed by atoms with Crippen molar-refractivity contribution in [2.45, 2.75) is 24.6 Å². The summed E-state index contributed by atoms with van der Waals surface area (Å²) in [5.41, 5.74) is 0. The Labute approximate surface area is 93.9 Å². The number of carbonyl (C=O) groups is 1. The molecule has 1 heterocycles. The zero-order valence-electron chi connectivity index (χ0n) is 8.71. The Morgan fingerprint density at radius 1 is 1.60 bits per heavy atom. The number of carboxylic acid groups (broad SMARTS) is 1. The fourth-order valence-corrected chi connectivity index (χ4v) is 4.10. The van der Waals surface area contributed by atoms with E-state index in [0.29, 0.717) is 0 Å². The van der Waals surface area contributed by atoms with Gasteiger partial charge in [0.1, 0.15) is 0 Å². The van der Waals surface area contributed by atoms with Crippen LogP contribution in [0.25, 0.3) is 0 Å². The number of sulfonamides is 1. The number of hydrogen-bond acceptors (Lipinski definition) is 4. The van der Waals surface area contributed by atoms with Crippen LogP contribution in [0.3, 0.4) is 0 Å². The lowest BCUT2D eigenvalue weighted by Crippen LogP contribution is -2.44. The minimum atomic E-state index is -3.70. The van der Waals surface area contributed by atoms with Crippen molar-refractivity contribution in [3.8, 4) is 0 Å². The number of rotatable bonds is 4. The van der Waals surface area contributed by atoms with Crippen LogP contribution in [-0.4, -0.2) is 53.6 Å². The molecule has 0 spiro atoms. The molecule has 1 aliphatic heterocycles. The summed E-state index contributed by atoms with van der Waals surface area (Å²) in [6, 6.07) is -0.0539. The molecule has 0 saturated carbocycles. The number of nitrogens with zero attached hydrogens (tertiary/aromatic N) is 1. The SMILES string of the molecule is CC(C(=O)O)S(=O)(=O)N(C)C1CCSC1. The van der Waals surface area contributed by atoms with E-state index in [-0.39, 0.29) is 6.04 Å². The average Bonchev–Trinajstić information content (AvgIpc) is 2.67. The van der Waals surface area contributed by atoms with Gasteiger partial charge >= 0.3 is 5.97 Å². The third-order valence-corrected chi connectivity index (χ3v) is 5.96. The van der Waals surface area contributed by atoms with E-state index in [0.717, 1.165) is 17.9 Å².